The maximum atomic E-state index is 6.08. The van der Waals surface area contributed by atoms with Crippen LogP contribution in [0.5, 0.6) is 0 Å². The van der Waals surface area contributed by atoms with Crippen LogP contribution in [0, 0.1) is 0 Å². The van der Waals surface area contributed by atoms with Crippen LogP contribution in [-0.4, -0.2) is 53.3 Å². The lowest BCUT2D eigenvalue weighted by Gasteiger charge is -2.35. The summed E-state index contributed by atoms with van der Waals surface area (Å²) < 4.78 is 5.77. The minimum atomic E-state index is 0.348. The first-order valence-electron chi connectivity index (χ1n) is 8.76. The molecule has 0 bridgehead atoms. The van der Waals surface area contributed by atoms with Gasteiger partial charge in [-0.2, -0.15) is 0 Å². The molecule has 0 amide bonds. The molecule has 2 aliphatic rings. The summed E-state index contributed by atoms with van der Waals surface area (Å²) >= 11 is 6.08. The largest absolute Gasteiger partial charge is 0.373 e. The Balaban J connectivity index is 1.37. The highest BCUT2D eigenvalue weighted by Crippen LogP contribution is 2.38. The second kappa shape index (κ2) is 7.77. The van der Waals surface area contributed by atoms with Crippen molar-refractivity contribution in [3.8, 4) is 0 Å². The van der Waals surface area contributed by atoms with Crippen molar-refractivity contribution < 1.29 is 4.74 Å². The van der Waals surface area contributed by atoms with Crippen LogP contribution < -0.4 is 5.32 Å². The van der Waals surface area contributed by atoms with E-state index in [4.69, 9.17) is 16.3 Å². The van der Waals surface area contributed by atoms with Gasteiger partial charge in [-0.05, 0) is 46.1 Å². The van der Waals surface area contributed by atoms with Gasteiger partial charge in [0, 0.05) is 31.6 Å². The molecule has 23 heavy (non-hydrogen) atoms. The number of morpholine rings is 1. The minimum absolute atomic E-state index is 0.348. The van der Waals surface area contributed by atoms with Crippen LogP contribution in [0.1, 0.15) is 51.3 Å². The van der Waals surface area contributed by atoms with Gasteiger partial charge < -0.3 is 10.1 Å². The molecular weight excluding hydrogens is 312 g/mol. The van der Waals surface area contributed by atoms with Gasteiger partial charge in [0.15, 0.2) is 0 Å². The standard InChI is InChI=1S/C17H27ClN4O/c1-12-10-22(11-13(2)23-12)8-4-3-7-19-16-9-15(18)20-17(21-16)14-5-6-14/h9,12-14H,3-8,10-11H2,1-2H3,(H,19,20,21). The number of aromatic nitrogens is 2. The minimum Gasteiger partial charge on any atom is -0.373 e. The van der Waals surface area contributed by atoms with Crippen molar-refractivity contribution in [2.24, 2.45) is 0 Å². The van der Waals surface area contributed by atoms with Crippen LogP contribution >= 0.6 is 11.6 Å². The Kier molecular flexibility index (Phi) is 5.72. The predicted octanol–water partition coefficient (Wildman–Crippen LogP) is 3.31. The van der Waals surface area contributed by atoms with E-state index in [0.717, 1.165) is 44.2 Å². The van der Waals surface area contributed by atoms with Crippen molar-refractivity contribution in [1.29, 1.82) is 0 Å². The molecule has 6 heteroatoms. The lowest BCUT2D eigenvalue weighted by atomic mass is 10.2. The zero-order valence-corrected chi connectivity index (χ0v) is 14.9. The van der Waals surface area contributed by atoms with E-state index in [1.807, 2.05) is 6.07 Å². The molecule has 2 fully saturated rings. The highest BCUT2D eigenvalue weighted by Gasteiger charge is 2.27. The van der Waals surface area contributed by atoms with E-state index in [-0.39, 0.29) is 0 Å². The van der Waals surface area contributed by atoms with E-state index in [0.29, 0.717) is 23.3 Å². The number of hydrogen-bond donors (Lipinski definition) is 1. The van der Waals surface area contributed by atoms with Gasteiger partial charge in [0.25, 0.3) is 0 Å². The summed E-state index contributed by atoms with van der Waals surface area (Å²) in [5.74, 6) is 2.29. The van der Waals surface area contributed by atoms with Crippen LogP contribution in [0.4, 0.5) is 5.82 Å². The van der Waals surface area contributed by atoms with Gasteiger partial charge in [0.05, 0.1) is 12.2 Å². The number of hydrogen-bond acceptors (Lipinski definition) is 5. The number of halogens is 1. The van der Waals surface area contributed by atoms with Crippen LogP contribution in [0.15, 0.2) is 6.07 Å². The number of rotatable bonds is 7. The third-order valence-electron chi connectivity index (χ3n) is 4.36. The fraction of sp³-hybridized carbons (Fsp3) is 0.765. The van der Waals surface area contributed by atoms with Crippen LogP contribution in [0.3, 0.4) is 0 Å². The van der Waals surface area contributed by atoms with E-state index in [1.165, 1.54) is 19.3 Å². The molecule has 0 spiro atoms. The van der Waals surface area contributed by atoms with Gasteiger partial charge in [-0.1, -0.05) is 11.6 Å². The van der Waals surface area contributed by atoms with Gasteiger partial charge in [-0.25, -0.2) is 9.97 Å². The van der Waals surface area contributed by atoms with E-state index in [2.05, 4.69) is 34.0 Å². The average Bonchev–Trinajstić information content (AvgIpc) is 3.30. The lowest BCUT2D eigenvalue weighted by molar-refractivity contribution is -0.0681. The molecule has 1 aliphatic heterocycles. The van der Waals surface area contributed by atoms with E-state index < -0.39 is 0 Å². The highest BCUT2D eigenvalue weighted by atomic mass is 35.5. The summed E-state index contributed by atoms with van der Waals surface area (Å²) in [6.45, 7) is 8.46. The first-order valence-corrected chi connectivity index (χ1v) is 9.14. The number of nitrogens with zero attached hydrogens (tertiary/aromatic N) is 3. The molecule has 2 unspecified atom stereocenters. The molecule has 1 saturated heterocycles. The van der Waals surface area contributed by atoms with Crippen molar-refractivity contribution in [3.63, 3.8) is 0 Å². The van der Waals surface area contributed by atoms with Crippen molar-refractivity contribution in [1.82, 2.24) is 14.9 Å². The Morgan fingerprint density at radius 2 is 1.96 bits per heavy atom. The maximum Gasteiger partial charge on any atom is 0.135 e. The summed E-state index contributed by atoms with van der Waals surface area (Å²) in [6, 6.07) is 1.82. The molecule has 2 heterocycles. The normalized spacial score (nSPS) is 25.5. The molecule has 1 aliphatic carbocycles. The molecular formula is C17H27ClN4O. The Hall–Kier alpha value is -0.910. The lowest BCUT2D eigenvalue weighted by Crippen LogP contribution is -2.45. The van der Waals surface area contributed by atoms with Crippen LogP contribution in [-0.2, 0) is 4.74 Å². The van der Waals surface area contributed by atoms with Crippen LogP contribution in [0.2, 0.25) is 5.15 Å². The number of unbranched alkanes of at least 4 members (excludes halogenated alkanes) is 1. The van der Waals surface area contributed by atoms with Gasteiger partial charge in [0.2, 0.25) is 0 Å². The highest BCUT2D eigenvalue weighted by molar-refractivity contribution is 6.29. The average molecular weight is 339 g/mol. The Labute approximate surface area is 143 Å². The van der Waals surface area contributed by atoms with Crippen molar-refractivity contribution >= 4 is 17.4 Å². The molecule has 3 rings (SSSR count). The first-order chi connectivity index (χ1) is 11.1. The topological polar surface area (TPSA) is 50.3 Å². The third-order valence-corrected chi connectivity index (χ3v) is 4.55. The van der Waals surface area contributed by atoms with Crippen molar-refractivity contribution in [2.45, 2.75) is 57.7 Å². The Morgan fingerprint density at radius 3 is 2.65 bits per heavy atom. The number of ether oxygens (including phenoxy) is 1. The quantitative estimate of drug-likeness (QED) is 0.610. The Morgan fingerprint density at radius 1 is 1.22 bits per heavy atom. The SMILES string of the molecule is CC1CN(CCCCNc2cc(Cl)nc(C3CC3)n2)CC(C)O1. The molecule has 0 radical (unpaired) electrons. The zero-order chi connectivity index (χ0) is 16.2. The molecule has 1 N–H and O–H groups in total. The monoisotopic (exact) mass is 338 g/mol. The Bertz CT molecular complexity index is 513. The van der Waals surface area contributed by atoms with Gasteiger partial charge >= 0.3 is 0 Å². The van der Waals surface area contributed by atoms with E-state index in [9.17, 15) is 0 Å². The third kappa shape index (κ3) is 5.30. The number of nitrogens with one attached hydrogen (secondary N) is 1. The summed E-state index contributed by atoms with van der Waals surface area (Å²) in [5.41, 5.74) is 0. The van der Waals surface area contributed by atoms with Gasteiger partial charge in [-0.3, -0.25) is 4.90 Å². The molecule has 0 aromatic carbocycles. The smallest absolute Gasteiger partial charge is 0.135 e. The van der Waals surface area contributed by atoms with Gasteiger partial charge in [0.1, 0.15) is 16.8 Å². The summed E-state index contributed by atoms with van der Waals surface area (Å²) in [4.78, 5) is 11.4. The predicted molar refractivity (Wildman–Crippen MR) is 93.2 cm³/mol. The summed E-state index contributed by atoms with van der Waals surface area (Å²) in [6.07, 6.45) is 5.38. The van der Waals surface area contributed by atoms with E-state index >= 15 is 0 Å². The number of anilines is 1. The van der Waals surface area contributed by atoms with Gasteiger partial charge in [-0.15, -0.1) is 0 Å². The van der Waals surface area contributed by atoms with E-state index in [1.54, 1.807) is 0 Å². The second-order valence-corrected chi connectivity index (χ2v) is 7.25. The molecule has 2 atom stereocenters. The molecule has 5 nitrogen and oxygen atoms in total. The fourth-order valence-corrected chi connectivity index (χ4v) is 3.38. The molecule has 1 aromatic rings. The molecule has 128 valence electrons. The van der Waals surface area contributed by atoms with Crippen molar-refractivity contribution in [3.05, 3.63) is 17.0 Å². The summed E-state index contributed by atoms with van der Waals surface area (Å²) in [7, 11) is 0. The summed E-state index contributed by atoms with van der Waals surface area (Å²) in [5, 5.41) is 3.93. The zero-order valence-electron chi connectivity index (χ0n) is 14.1. The fourth-order valence-electron chi connectivity index (χ4n) is 3.19. The van der Waals surface area contributed by atoms with Crippen molar-refractivity contribution in [2.75, 3.05) is 31.5 Å². The second-order valence-electron chi connectivity index (χ2n) is 6.86. The van der Waals surface area contributed by atoms with Crippen LogP contribution in [0.25, 0.3) is 0 Å². The molecule has 1 saturated carbocycles. The maximum absolute atomic E-state index is 6.08. The molecule has 1 aromatic heterocycles. The first kappa shape index (κ1) is 16.9.